The Morgan fingerprint density at radius 3 is 2.09 bits per heavy atom. The largest absolute Gasteiger partial charge is 0.497 e. The fourth-order valence-electron chi connectivity index (χ4n) is 3.19. The first-order valence-corrected chi connectivity index (χ1v) is 10.5. The third kappa shape index (κ3) is 6.60. The summed E-state index contributed by atoms with van der Waals surface area (Å²) in [6.45, 7) is 2.26. The number of nitrogens with zero attached hydrogens (tertiary/aromatic N) is 1. The maximum Gasteiger partial charge on any atom is 0.261 e. The Morgan fingerprint density at radius 1 is 0.844 bits per heavy atom. The van der Waals surface area contributed by atoms with E-state index in [4.69, 9.17) is 9.47 Å². The van der Waals surface area contributed by atoms with Gasteiger partial charge < -0.3 is 19.7 Å². The molecule has 166 valence electrons. The van der Waals surface area contributed by atoms with Crippen molar-refractivity contribution in [3.05, 3.63) is 96.1 Å². The normalized spacial score (nSPS) is 11.3. The first-order chi connectivity index (χ1) is 15.6. The van der Waals surface area contributed by atoms with Crippen LogP contribution in [-0.4, -0.2) is 36.5 Å². The molecule has 1 atom stereocenters. The van der Waals surface area contributed by atoms with Crippen LogP contribution >= 0.6 is 0 Å². The minimum absolute atomic E-state index is 0.146. The highest BCUT2D eigenvalue weighted by molar-refractivity contribution is 5.87. The molecule has 0 aliphatic rings. The summed E-state index contributed by atoms with van der Waals surface area (Å²) in [5.74, 6) is 0.873. The monoisotopic (exact) mass is 432 g/mol. The molecule has 0 aliphatic carbocycles. The van der Waals surface area contributed by atoms with Crippen molar-refractivity contribution in [2.75, 3.05) is 13.7 Å². The minimum Gasteiger partial charge on any atom is -0.497 e. The van der Waals surface area contributed by atoms with Crippen LogP contribution in [0.2, 0.25) is 0 Å². The summed E-state index contributed by atoms with van der Waals surface area (Å²) in [4.78, 5) is 27.4. The van der Waals surface area contributed by atoms with Crippen LogP contribution in [0, 0.1) is 0 Å². The third-order valence-corrected chi connectivity index (χ3v) is 5.09. The molecule has 6 nitrogen and oxygen atoms in total. The first kappa shape index (κ1) is 22.9. The molecule has 6 heteroatoms. The van der Waals surface area contributed by atoms with Crippen LogP contribution < -0.4 is 14.8 Å². The summed E-state index contributed by atoms with van der Waals surface area (Å²) >= 11 is 0. The standard InChI is InChI=1S/C26H28N2O4/c1-20(26(30)27-17-21-13-15-23(31-2)16-14-21)28(18-22-9-5-3-6-10-22)25(29)19-32-24-11-7-4-8-12-24/h3-16,20H,17-19H2,1-2H3,(H,27,30)/t20-/m1/s1. The van der Waals surface area contributed by atoms with E-state index in [1.54, 1.807) is 31.1 Å². The second kappa shape index (κ2) is 11.6. The maximum atomic E-state index is 13.0. The number of methoxy groups -OCH3 is 1. The van der Waals surface area contributed by atoms with Gasteiger partial charge in [-0.25, -0.2) is 0 Å². The SMILES string of the molecule is COc1ccc(CNC(=O)[C@@H](C)N(Cc2ccccc2)C(=O)COc2ccccc2)cc1. The van der Waals surface area contributed by atoms with Gasteiger partial charge in [-0.15, -0.1) is 0 Å². The zero-order chi connectivity index (χ0) is 22.8. The molecule has 0 bridgehead atoms. The molecule has 0 radical (unpaired) electrons. The lowest BCUT2D eigenvalue weighted by Gasteiger charge is -2.28. The Labute approximate surface area is 188 Å². The van der Waals surface area contributed by atoms with E-state index in [0.29, 0.717) is 18.8 Å². The van der Waals surface area contributed by atoms with Gasteiger partial charge in [-0.05, 0) is 42.3 Å². The van der Waals surface area contributed by atoms with Crippen LogP contribution in [0.1, 0.15) is 18.1 Å². The van der Waals surface area contributed by atoms with Crippen molar-refractivity contribution in [3.63, 3.8) is 0 Å². The van der Waals surface area contributed by atoms with Crippen LogP contribution in [0.4, 0.5) is 0 Å². The lowest BCUT2D eigenvalue weighted by atomic mass is 10.1. The number of ether oxygens (including phenoxy) is 2. The van der Waals surface area contributed by atoms with Crippen LogP contribution in [0.25, 0.3) is 0 Å². The average Bonchev–Trinajstić information content (AvgIpc) is 2.85. The van der Waals surface area contributed by atoms with Gasteiger partial charge in [0.15, 0.2) is 6.61 Å². The topological polar surface area (TPSA) is 67.9 Å². The number of carbonyl (C=O) groups is 2. The Bertz CT molecular complexity index is 991. The number of benzene rings is 3. The summed E-state index contributed by atoms with van der Waals surface area (Å²) in [5, 5.41) is 2.92. The van der Waals surface area contributed by atoms with Gasteiger partial charge in [-0.1, -0.05) is 60.7 Å². The molecule has 3 aromatic carbocycles. The summed E-state index contributed by atoms with van der Waals surface area (Å²) in [5.41, 5.74) is 1.88. The quantitative estimate of drug-likeness (QED) is 0.529. The molecule has 2 amide bonds. The fraction of sp³-hybridized carbons (Fsp3) is 0.231. The van der Waals surface area contributed by atoms with Crippen molar-refractivity contribution in [2.45, 2.75) is 26.1 Å². The van der Waals surface area contributed by atoms with Crippen molar-refractivity contribution >= 4 is 11.8 Å². The number of carbonyl (C=O) groups excluding carboxylic acids is 2. The number of rotatable bonds is 10. The fourth-order valence-corrected chi connectivity index (χ4v) is 3.19. The molecule has 0 saturated carbocycles. The summed E-state index contributed by atoms with van der Waals surface area (Å²) in [6.07, 6.45) is 0. The second-order valence-electron chi connectivity index (χ2n) is 7.35. The number of hydrogen-bond acceptors (Lipinski definition) is 4. The number of hydrogen-bond donors (Lipinski definition) is 1. The van der Waals surface area contributed by atoms with Gasteiger partial charge in [0.1, 0.15) is 17.5 Å². The highest BCUT2D eigenvalue weighted by Gasteiger charge is 2.26. The molecule has 32 heavy (non-hydrogen) atoms. The van der Waals surface area contributed by atoms with Gasteiger partial charge in [0, 0.05) is 13.1 Å². The van der Waals surface area contributed by atoms with Gasteiger partial charge >= 0.3 is 0 Å². The van der Waals surface area contributed by atoms with E-state index in [-0.39, 0.29) is 18.4 Å². The van der Waals surface area contributed by atoms with Gasteiger partial charge in [0.05, 0.1) is 7.11 Å². The minimum atomic E-state index is -0.666. The van der Waals surface area contributed by atoms with Crippen LogP contribution in [-0.2, 0) is 22.7 Å². The highest BCUT2D eigenvalue weighted by Crippen LogP contribution is 2.14. The number of para-hydroxylation sites is 1. The van der Waals surface area contributed by atoms with Crippen LogP contribution in [0.15, 0.2) is 84.9 Å². The van der Waals surface area contributed by atoms with E-state index in [1.165, 1.54) is 0 Å². The summed E-state index contributed by atoms with van der Waals surface area (Å²) in [7, 11) is 1.61. The molecule has 0 spiro atoms. The van der Waals surface area contributed by atoms with Crippen molar-refractivity contribution in [3.8, 4) is 11.5 Å². The molecule has 3 rings (SSSR count). The van der Waals surface area contributed by atoms with Crippen molar-refractivity contribution in [1.82, 2.24) is 10.2 Å². The summed E-state index contributed by atoms with van der Waals surface area (Å²) in [6, 6.07) is 25.6. The van der Waals surface area contributed by atoms with Crippen molar-refractivity contribution in [2.24, 2.45) is 0 Å². The molecule has 1 N–H and O–H groups in total. The van der Waals surface area contributed by atoms with Gasteiger partial charge in [-0.3, -0.25) is 9.59 Å². The maximum absolute atomic E-state index is 13.0. The lowest BCUT2D eigenvalue weighted by Crippen LogP contribution is -2.48. The Hall–Kier alpha value is -3.80. The van der Waals surface area contributed by atoms with Crippen molar-refractivity contribution in [1.29, 1.82) is 0 Å². The van der Waals surface area contributed by atoms with Crippen LogP contribution in [0.5, 0.6) is 11.5 Å². The van der Waals surface area contributed by atoms with E-state index >= 15 is 0 Å². The van der Waals surface area contributed by atoms with Gasteiger partial charge in [0.2, 0.25) is 5.91 Å². The Kier molecular flexibility index (Phi) is 8.26. The second-order valence-corrected chi connectivity index (χ2v) is 7.35. The van der Waals surface area contributed by atoms with E-state index < -0.39 is 6.04 Å². The van der Waals surface area contributed by atoms with E-state index in [0.717, 1.165) is 16.9 Å². The molecule has 3 aromatic rings. The zero-order valence-electron chi connectivity index (χ0n) is 18.4. The molecule has 0 fully saturated rings. The van der Waals surface area contributed by atoms with E-state index in [2.05, 4.69) is 5.32 Å². The smallest absolute Gasteiger partial charge is 0.261 e. The summed E-state index contributed by atoms with van der Waals surface area (Å²) < 4.78 is 10.8. The van der Waals surface area contributed by atoms with Gasteiger partial charge in [0.25, 0.3) is 5.91 Å². The van der Waals surface area contributed by atoms with Gasteiger partial charge in [-0.2, -0.15) is 0 Å². The molecule has 0 saturated heterocycles. The van der Waals surface area contributed by atoms with E-state index in [1.807, 2.05) is 72.8 Å². The predicted molar refractivity (Wildman–Crippen MR) is 123 cm³/mol. The Balaban J connectivity index is 1.65. The highest BCUT2D eigenvalue weighted by atomic mass is 16.5. The zero-order valence-corrected chi connectivity index (χ0v) is 18.4. The van der Waals surface area contributed by atoms with Crippen molar-refractivity contribution < 1.29 is 19.1 Å². The molecule has 0 aromatic heterocycles. The van der Waals surface area contributed by atoms with E-state index in [9.17, 15) is 9.59 Å². The predicted octanol–water partition coefficient (Wildman–Crippen LogP) is 3.81. The molecule has 0 aliphatic heterocycles. The molecular formula is C26H28N2O4. The average molecular weight is 433 g/mol. The third-order valence-electron chi connectivity index (χ3n) is 5.09. The number of nitrogens with one attached hydrogen (secondary N) is 1. The number of amides is 2. The molecule has 0 heterocycles. The lowest BCUT2D eigenvalue weighted by molar-refractivity contribution is -0.142. The Morgan fingerprint density at radius 2 is 1.47 bits per heavy atom. The van der Waals surface area contributed by atoms with Crippen LogP contribution in [0.3, 0.4) is 0 Å². The molecule has 0 unspecified atom stereocenters. The first-order valence-electron chi connectivity index (χ1n) is 10.5. The molecular weight excluding hydrogens is 404 g/mol.